The van der Waals surface area contributed by atoms with E-state index in [2.05, 4.69) is 5.10 Å². The predicted octanol–water partition coefficient (Wildman–Crippen LogP) is 2.14. The molecule has 1 heterocycles. The average Bonchev–Trinajstić information content (AvgIpc) is 2.83. The van der Waals surface area contributed by atoms with Crippen LogP contribution in [0.5, 0.6) is 5.75 Å². The van der Waals surface area contributed by atoms with Crippen molar-refractivity contribution in [1.29, 1.82) is 0 Å². The van der Waals surface area contributed by atoms with Crippen LogP contribution in [0.1, 0.15) is 11.1 Å². The number of hydrogen-bond acceptors (Lipinski definition) is 3. The Bertz CT molecular complexity index is 617. The molecule has 2 aromatic rings. The van der Waals surface area contributed by atoms with Crippen LogP contribution < -0.4 is 4.74 Å². The molecule has 0 aliphatic carbocycles. The quantitative estimate of drug-likeness (QED) is 0.818. The van der Waals surface area contributed by atoms with Gasteiger partial charge in [0.2, 0.25) is 0 Å². The van der Waals surface area contributed by atoms with E-state index in [1.807, 2.05) is 43.7 Å². The zero-order valence-corrected chi connectivity index (χ0v) is 11.2. The lowest BCUT2D eigenvalue weighted by Crippen LogP contribution is -2.00. The standard InChI is InChI=1S/C15H16N2O3/c1-17-11-13(10-16-17)7-8-20-14-4-2-3-12(9-14)5-6-15(18)19/h2-6,9-11H,7-8H2,1H3,(H,18,19)/b6-5+. The van der Waals surface area contributed by atoms with E-state index in [0.717, 1.165) is 29.4 Å². The van der Waals surface area contributed by atoms with E-state index in [4.69, 9.17) is 9.84 Å². The van der Waals surface area contributed by atoms with E-state index in [1.54, 1.807) is 4.68 Å². The van der Waals surface area contributed by atoms with E-state index in [1.165, 1.54) is 6.08 Å². The Morgan fingerprint density at radius 2 is 2.35 bits per heavy atom. The third-order valence-corrected chi connectivity index (χ3v) is 2.69. The molecule has 0 fully saturated rings. The number of carboxylic acids is 1. The molecular formula is C15H16N2O3. The van der Waals surface area contributed by atoms with Crippen molar-refractivity contribution in [2.75, 3.05) is 6.61 Å². The number of nitrogens with zero attached hydrogens (tertiary/aromatic N) is 2. The summed E-state index contributed by atoms with van der Waals surface area (Å²) in [6.07, 6.45) is 7.19. The Morgan fingerprint density at radius 3 is 3.05 bits per heavy atom. The van der Waals surface area contributed by atoms with E-state index in [0.29, 0.717) is 6.61 Å². The van der Waals surface area contributed by atoms with Gasteiger partial charge in [-0.25, -0.2) is 4.79 Å². The number of hydrogen-bond donors (Lipinski definition) is 1. The molecule has 0 spiro atoms. The van der Waals surface area contributed by atoms with Crippen LogP contribution in [-0.2, 0) is 18.3 Å². The first-order valence-electron chi connectivity index (χ1n) is 6.25. The lowest BCUT2D eigenvalue weighted by Gasteiger charge is -2.05. The third-order valence-electron chi connectivity index (χ3n) is 2.69. The molecule has 5 nitrogen and oxygen atoms in total. The molecule has 0 aliphatic rings. The van der Waals surface area contributed by atoms with Crippen molar-refractivity contribution >= 4 is 12.0 Å². The summed E-state index contributed by atoms with van der Waals surface area (Å²) in [4.78, 5) is 10.5. The maximum absolute atomic E-state index is 10.5. The maximum atomic E-state index is 10.5. The molecule has 104 valence electrons. The highest BCUT2D eigenvalue weighted by Crippen LogP contribution is 2.15. The van der Waals surface area contributed by atoms with Crippen LogP contribution in [0.4, 0.5) is 0 Å². The highest BCUT2D eigenvalue weighted by atomic mass is 16.5. The number of aryl methyl sites for hydroxylation is 1. The maximum Gasteiger partial charge on any atom is 0.328 e. The van der Waals surface area contributed by atoms with Crippen molar-refractivity contribution in [1.82, 2.24) is 9.78 Å². The van der Waals surface area contributed by atoms with Gasteiger partial charge in [-0.05, 0) is 29.3 Å². The Kier molecular flexibility index (Phi) is 4.55. The van der Waals surface area contributed by atoms with E-state index in [9.17, 15) is 4.79 Å². The van der Waals surface area contributed by atoms with Crippen LogP contribution in [0.25, 0.3) is 6.08 Å². The minimum absolute atomic E-state index is 0.553. The fourth-order valence-electron chi connectivity index (χ4n) is 1.76. The lowest BCUT2D eigenvalue weighted by atomic mass is 10.2. The molecule has 0 amide bonds. The van der Waals surface area contributed by atoms with Gasteiger partial charge in [-0.2, -0.15) is 5.10 Å². The Morgan fingerprint density at radius 1 is 1.50 bits per heavy atom. The molecule has 20 heavy (non-hydrogen) atoms. The van der Waals surface area contributed by atoms with E-state index < -0.39 is 5.97 Å². The van der Waals surface area contributed by atoms with Crippen molar-refractivity contribution in [3.8, 4) is 5.75 Å². The van der Waals surface area contributed by atoms with Crippen LogP contribution in [0.2, 0.25) is 0 Å². The molecule has 2 rings (SSSR count). The van der Waals surface area contributed by atoms with Gasteiger partial charge in [-0.3, -0.25) is 4.68 Å². The summed E-state index contributed by atoms with van der Waals surface area (Å²) in [6.45, 7) is 0.553. The molecule has 0 bridgehead atoms. The monoisotopic (exact) mass is 272 g/mol. The largest absolute Gasteiger partial charge is 0.493 e. The van der Waals surface area contributed by atoms with Crippen molar-refractivity contribution in [2.45, 2.75) is 6.42 Å². The van der Waals surface area contributed by atoms with Gasteiger partial charge in [0.25, 0.3) is 0 Å². The van der Waals surface area contributed by atoms with Crippen LogP contribution in [-0.4, -0.2) is 27.5 Å². The number of aliphatic carboxylic acids is 1. The van der Waals surface area contributed by atoms with Gasteiger partial charge in [-0.15, -0.1) is 0 Å². The molecule has 1 aromatic heterocycles. The molecular weight excluding hydrogens is 256 g/mol. The number of ether oxygens (including phenoxy) is 1. The van der Waals surface area contributed by atoms with Crippen molar-refractivity contribution in [3.63, 3.8) is 0 Å². The van der Waals surface area contributed by atoms with E-state index >= 15 is 0 Å². The minimum atomic E-state index is -0.965. The van der Waals surface area contributed by atoms with E-state index in [-0.39, 0.29) is 0 Å². The Hall–Kier alpha value is -2.56. The van der Waals surface area contributed by atoms with Gasteiger partial charge < -0.3 is 9.84 Å². The van der Waals surface area contributed by atoms with Crippen LogP contribution in [0.3, 0.4) is 0 Å². The SMILES string of the molecule is Cn1cc(CCOc2cccc(/C=C/C(=O)O)c2)cn1. The van der Waals surface area contributed by atoms with Gasteiger partial charge >= 0.3 is 5.97 Å². The van der Waals surface area contributed by atoms with Gasteiger partial charge in [0.15, 0.2) is 0 Å². The van der Waals surface area contributed by atoms with Gasteiger partial charge in [0.05, 0.1) is 12.8 Å². The van der Waals surface area contributed by atoms with Gasteiger partial charge in [0.1, 0.15) is 5.75 Å². The molecule has 0 unspecified atom stereocenters. The van der Waals surface area contributed by atoms with Crippen LogP contribution >= 0.6 is 0 Å². The second kappa shape index (κ2) is 6.56. The molecule has 0 aliphatic heterocycles. The highest BCUT2D eigenvalue weighted by molar-refractivity contribution is 5.85. The Balaban J connectivity index is 1.89. The smallest absolute Gasteiger partial charge is 0.328 e. The van der Waals surface area contributed by atoms with Crippen LogP contribution in [0.15, 0.2) is 42.7 Å². The number of rotatable bonds is 6. The minimum Gasteiger partial charge on any atom is -0.493 e. The summed E-state index contributed by atoms with van der Waals surface area (Å²) < 4.78 is 7.40. The topological polar surface area (TPSA) is 64.3 Å². The average molecular weight is 272 g/mol. The first kappa shape index (κ1) is 13.9. The number of benzene rings is 1. The third kappa shape index (κ3) is 4.28. The molecule has 1 N–H and O–H groups in total. The molecule has 0 saturated heterocycles. The second-order valence-corrected chi connectivity index (χ2v) is 4.36. The number of aromatic nitrogens is 2. The molecule has 0 saturated carbocycles. The second-order valence-electron chi connectivity index (χ2n) is 4.36. The summed E-state index contributed by atoms with van der Waals surface area (Å²) in [5, 5.41) is 12.7. The first-order chi connectivity index (χ1) is 9.63. The highest BCUT2D eigenvalue weighted by Gasteiger charge is 1.99. The fraction of sp³-hybridized carbons (Fsp3) is 0.200. The lowest BCUT2D eigenvalue weighted by molar-refractivity contribution is -0.131. The van der Waals surface area contributed by atoms with Gasteiger partial charge in [0, 0.05) is 25.7 Å². The fourth-order valence-corrected chi connectivity index (χ4v) is 1.76. The van der Waals surface area contributed by atoms with Crippen LogP contribution in [0, 0.1) is 0 Å². The van der Waals surface area contributed by atoms with Crippen molar-refractivity contribution in [2.24, 2.45) is 7.05 Å². The number of carbonyl (C=O) groups is 1. The summed E-state index contributed by atoms with van der Waals surface area (Å²) in [5.41, 5.74) is 1.92. The summed E-state index contributed by atoms with van der Waals surface area (Å²) >= 11 is 0. The number of carboxylic acid groups (broad SMARTS) is 1. The summed E-state index contributed by atoms with van der Waals surface area (Å²) in [6, 6.07) is 7.32. The van der Waals surface area contributed by atoms with Gasteiger partial charge in [-0.1, -0.05) is 12.1 Å². The van der Waals surface area contributed by atoms with Crippen molar-refractivity contribution < 1.29 is 14.6 Å². The molecule has 0 atom stereocenters. The first-order valence-corrected chi connectivity index (χ1v) is 6.25. The molecule has 5 heteroatoms. The zero-order valence-electron chi connectivity index (χ0n) is 11.2. The summed E-state index contributed by atoms with van der Waals surface area (Å²) in [5.74, 6) is -0.241. The predicted molar refractivity (Wildman–Crippen MR) is 75.5 cm³/mol. The van der Waals surface area contributed by atoms with Crippen molar-refractivity contribution in [3.05, 3.63) is 53.9 Å². The molecule has 0 radical (unpaired) electrons. The summed E-state index contributed by atoms with van der Waals surface area (Å²) in [7, 11) is 1.88. The normalized spacial score (nSPS) is 10.8. The Labute approximate surface area is 117 Å². The zero-order chi connectivity index (χ0) is 14.4. The molecule has 1 aromatic carbocycles.